The predicted molar refractivity (Wildman–Crippen MR) is 89.5 cm³/mol. The number of carboxylic acids is 1. The molecule has 1 saturated heterocycles. The van der Waals surface area contributed by atoms with Crippen LogP contribution in [0.15, 0.2) is 11.8 Å². The summed E-state index contributed by atoms with van der Waals surface area (Å²) in [5.41, 5.74) is 0. The van der Waals surface area contributed by atoms with Crippen LogP contribution in [0, 0.1) is 0 Å². The Morgan fingerprint density at radius 3 is 2.37 bits per heavy atom. The van der Waals surface area contributed by atoms with Gasteiger partial charge in [0.05, 0.1) is 6.61 Å². The van der Waals surface area contributed by atoms with Crippen LogP contribution in [0.4, 0.5) is 0 Å². The SMILES string of the molecule is CC(=O)N[C@@H]1[C@@H](O[C@@H]2OC(C(=O)O)=C[C@H](O)[C@H]2O)[C@@H](OS(=O)(=O)O)[C@@H](CO)O[C@@H]1O. The molecule has 30 heavy (non-hydrogen) atoms. The molecule has 0 radical (unpaired) electrons. The highest BCUT2D eigenvalue weighted by molar-refractivity contribution is 7.80. The smallest absolute Gasteiger partial charge is 0.397 e. The fourth-order valence-corrected chi connectivity index (χ4v) is 3.42. The van der Waals surface area contributed by atoms with E-state index < -0.39 is 83.8 Å². The summed E-state index contributed by atoms with van der Waals surface area (Å²) >= 11 is 0. The average Bonchev–Trinajstić information content (AvgIpc) is 2.61. The van der Waals surface area contributed by atoms with E-state index in [-0.39, 0.29) is 0 Å². The van der Waals surface area contributed by atoms with Crippen molar-refractivity contribution in [3.8, 4) is 0 Å². The van der Waals surface area contributed by atoms with Crippen LogP contribution in [0.25, 0.3) is 0 Å². The first-order chi connectivity index (χ1) is 13.8. The Morgan fingerprint density at radius 2 is 1.87 bits per heavy atom. The quantitative estimate of drug-likeness (QED) is 0.179. The number of hydrogen-bond donors (Lipinski definition) is 7. The molecule has 0 aromatic heterocycles. The van der Waals surface area contributed by atoms with Gasteiger partial charge in [-0.3, -0.25) is 9.35 Å². The largest absolute Gasteiger partial charge is 0.475 e. The molecule has 0 aliphatic carbocycles. The molecule has 8 atom stereocenters. The Morgan fingerprint density at radius 1 is 1.23 bits per heavy atom. The minimum absolute atomic E-state index is 0.680. The van der Waals surface area contributed by atoms with Gasteiger partial charge in [-0.15, -0.1) is 0 Å². The minimum atomic E-state index is -5.18. The maximum atomic E-state index is 11.5. The summed E-state index contributed by atoms with van der Waals surface area (Å²) in [6.07, 6.45) is -12.1. The van der Waals surface area contributed by atoms with Gasteiger partial charge in [-0.05, 0) is 6.08 Å². The Kier molecular flexibility index (Phi) is 7.72. The third-order valence-corrected chi connectivity index (χ3v) is 4.61. The Labute approximate surface area is 169 Å². The molecule has 2 aliphatic rings. The fourth-order valence-electron chi connectivity index (χ4n) is 2.91. The number of aliphatic carboxylic acids is 1. The molecule has 16 heteroatoms. The second kappa shape index (κ2) is 9.50. The number of carbonyl (C=O) groups excluding carboxylic acids is 1. The fraction of sp³-hybridized carbons (Fsp3) is 0.714. The van der Waals surface area contributed by atoms with Crippen LogP contribution >= 0.6 is 0 Å². The second-order valence-electron chi connectivity index (χ2n) is 6.37. The number of aliphatic hydroxyl groups is 4. The van der Waals surface area contributed by atoms with Crippen LogP contribution in [-0.2, 0) is 38.4 Å². The zero-order chi connectivity index (χ0) is 22.8. The molecule has 0 bridgehead atoms. The highest BCUT2D eigenvalue weighted by Crippen LogP contribution is 2.30. The molecule has 1 amide bonds. The Balaban J connectivity index is 2.41. The molecule has 15 nitrogen and oxygen atoms in total. The van der Waals surface area contributed by atoms with Crippen molar-refractivity contribution < 1.29 is 66.5 Å². The molecule has 0 saturated carbocycles. The van der Waals surface area contributed by atoms with E-state index in [4.69, 9.17) is 23.9 Å². The van der Waals surface area contributed by atoms with E-state index in [9.17, 15) is 38.4 Å². The first kappa shape index (κ1) is 24.4. The van der Waals surface area contributed by atoms with Crippen molar-refractivity contribution in [2.75, 3.05) is 6.61 Å². The molecular weight excluding hydrogens is 438 g/mol. The van der Waals surface area contributed by atoms with Gasteiger partial charge in [-0.2, -0.15) is 8.42 Å². The van der Waals surface area contributed by atoms with E-state index in [0.717, 1.165) is 6.92 Å². The number of aliphatic hydroxyl groups excluding tert-OH is 4. The van der Waals surface area contributed by atoms with Crippen molar-refractivity contribution >= 4 is 22.3 Å². The van der Waals surface area contributed by atoms with Crippen LogP contribution in [0.2, 0.25) is 0 Å². The van der Waals surface area contributed by atoms with E-state index >= 15 is 0 Å². The topological polar surface area (TPSA) is 239 Å². The van der Waals surface area contributed by atoms with Gasteiger partial charge in [-0.25, -0.2) is 8.98 Å². The number of rotatable bonds is 7. The monoisotopic (exact) mass is 459 g/mol. The van der Waals surface area contributed by atoms with Crippen molar-refractivity contribution in [3.63, 3.8) is 0 Å². The maximum absolute atomic E-state index is 11.5. The summed E-state index contributed by atoms with van der Waals surface area (Å²) in [5.74, 6) is -3.19. The highest BCUT2D eigenvalue weighted by atomic mass is 32.3. The number of ether oxygens (including phenoxy) is 3. The first-order valence-electron chi connectivity index (χ1n) is 8.34. The number of carboxylic acid groups (broad SMARTS) is 1. The minimum Gasteiger partial charge on any atom is -0.475 e. The summed E-state index contributed by atoms with van der Waals surface area (Å²) in [7, 11) is -5.18. The summed E-state index contributed by atoms with van der Waals surface area (Å²) in [5, 5.41) is 50.7. The Hall–Kier alpha value is -1.89. The zero-order valence-corrected chi connectivity index (χ0v) is 16.1. The summed E-state index contributed by atoms with van der Waals surface area (Å²) < 4.78 is 51.3. The lowest BCUT2D eigenvalue weighted by molar-refractivity contribution is -0.298. The van der Waals surface area contributed by atoms with E-state index in [0.29, 0.717) is 6.08 Å². The molecule has 172 valence electrons. The van der Waals surface area contributed by atoms with Crippen LogP contribution in [0.1, 0.15) is 6.92 Å². The number of hydrogen-bond acceptors (Lipinski definition) is 12. The molecule has 0 spiro atoms. The van der Waals surface area contributed by atoms with Gasteiger partial charge in [0.2, 0.25) is 18.0 Å². The van der Waals surface area contributed by atoms with Gasteiger partial charge in [-0.1, -0.05) is 0 Å². The van der Waals surface area contributed by atoms with Crippen molar-refractivity contribution in [2.24, 2.45) is 0 Å². The number of carbonyl (C=O) groups is 2. The summed E-state index contributed by atoms with van der Waals surface area (Å²) in [6.45, 7) is 0.0857. The highest BCUT2D eigenvalue weighted by Gasteiger charge is 2.51. The van der Waals surface area contributed by atoms with E-state index in [1.807, 2.05) is 0 Å². The molecule has 2 rings (SSSR count). The zero-order valence-electron chi connectivity index (χ0n) is 15.3. The summed E-state index contributed by atoms with van der Waals surface area (Å²) in [6, 6.07) is -1.59. The molecule has 2 heterocycles. The second-order valence-corrected chi connectivity index (χ2v) is 7.41. The van der Waals surface area contributed by atoms with Gasteiger partial charge in [0, 0.05) is 6.92 Å². The molecule has 1 fully saturated rings. The van der Waals surface area contributed by atoms with E-state index in [1.165, 1.54) is 0 Å². The predicted octanol–water partition coefficient (Wildman–Crippen LogP) is -4.18. The van der Waals surface area contributed by atoms with Gasteiger partial charge in [0.25, 0.3) is 0 Å². The van der Waals surface area contributed by atoms with Crippen LogP contribution in [0.5, 0.6) is 0 Å². The van der Waals surface area contributed by atoms with Gasteiger partial charge in [0.1, 0.15) is 36.6 Å². The molecule has 7 N–H and O–H groups in total. The number of amides is 1. The van der Waals surface area contributed by atoms with Crippen LogP contribution < -0.4 is 5.32 Å². The molecule has 0 unspecified atom stereocenters. The molecule has 0 aromatic carbocycles. The lowest BCUT2D eigenvalue weighted by Crippen LogP contribution is -2.67. The number of nitrogens with one attached hydrogen (secondary N) is 1. The normalized spacial score (nSPS) is 37.1. The third kappa shape index (κ3) is 5.84. The lowest BCUT2D eigenvalue weighted by Gasteiger charge is -2.45. The Bertz CT molecular complexity index is 784. The summed E-state index contributed by atoms with van der Waals surface area (Å²) in [4.78, 5) is 22.6. The lowest BCUT2D eigenvalue weighted by atomic mass is 9.96. The first-order valence-corrected chi connectivity index (χ1v) is 9.71. The third-order valence-electron chi connectivity index (χ3n) is 4.14. The van der Waals surface area contributed by atoms with Gasteiger partial charge < -0.3 is 45.1 Å². The average molecular weight is 459 g/mol. The maximum Gasteiger partial charge on any atom is 0.397 e. The molecule has 0 aromatic rings. The van der Waals surface area contributed by atoms with E-state index in [2.05, 4.69) is 9.50 Å². The van der Waals surface area contributed by atoms with Gasteiger partial charge >= 0.3 is 16.4 Å². The van der Waals surface area contributed by atoms with Crippen molar-refractivity contribution in [2.45, 2.75) is 56.1 Å². The standard InChI is InChI=1S/C14H21NO14S/c1-4(17)15-8-11(10(29-30(23,24)25)7(3-16)26-13(8)22)28-14-9(19)5(18)2-6(27-14)12(20)21/h2,5,7-11,13-14,16,18-19,22H,3H2,1H3,(H,15,17)(H,20,21)(H,23,24,25)/t5-,7+,8+,9+,10-,11+,13-,14-/m0/s1. The van der Waals surface area contributed by atoms with Crippen LogP contribution in [-0.4, -0.2) is 106 Å². The van der Waals surface area contributed by atoms with Crippen LogP contribution in [0.3, 0.4) is 0 Å². The van der Waals surface area contributed by atoms with Gasteiger partial charge in [0.15, 0.2) is 6.29 Å². The molecule has 2 aliphatic heterocycles. The van der Waals surface area contributed by atoms with Crippen molar-refractivity contribution in [3.05, 3.63) is 11.8 Å². The van der Waals surface area contributed by atoms with Crippen molar-refractivity contribution in [1.82, 2.24) is 5.32 Å². The van der Waals surface area contributed by atoms with E-state index in [1.54, 1.807) is 0 Å². The van der Waals surface area contributed by atoms with Crippen molar-refractivity contribution in [1.29, 1.82) is 0 Å². The molecular formula is C14H21NO14S.